The van der Waals surface area contributed by atoms with Gasteiger partial charge in [0.1, 0.15) is 0 Å². The van der Waals surface area contributed by atoms with Crippen LogP contribution in [-0.4, -0.2) is 0 Å². The van der Waals surface area contributed by atoms with Crippen molar-refractivity contribution in [2.24, 2.45) is 0 Å². The fourth-order valence-corrected chi connectivity index (χ4v) is 1.82. The molecule has 92 valence electrons. The Morgan fingerprint density at radius 1 is 0.947 bits per heavy atom. The highest BCUT2D eigenvalue weighted by atomic mass is 14.9. The molecule has 0 bridgehead atoms. The van der Waals surface area contributed by atoms with Crippen LogP contribution in [-0.2, 0) is 6.54 Å². The first kappa shape index (κ1) is 12.7. The third-order valence-corrected chi connectivity index (χ3v) is 2.97. The van der Waals surface area contributed by atoms with E-state index in [1.165, 1.54) is 0 Å². The van der Waals surface area contributed by atoms with Crippen molar-refractivity contribution in [1.82, 2.24) is 0 Å². The number of hydrogen-bond acceptors (Lipinski definition) is 3. The van der Waals surface area contributed by atoms with Gasteiger partial charge in [-0.15, -0.1) is 0 Å². The fourth-order valence-electron chi connectivity index (χ4n) is 1.82. The predicted octanol–water partition coefficient (Wildman–Crippen LogP) is 3.35. The molecule has 0 atom stereocenters. The molecule has 0 aliphatic carbocycles. The van der Waals surface area contributed by atoms with Gasteiger partial charge in [0.2, 0.25) is 0 Å². The number of hydrogen-bond donors (Lipinski definition) is 1. The molecule has 0 spiro atoms. The minimum atomic E-state index is 0.653. The zero-order chi connectivity index (χ0) is 13.7. The molecule has 0 amide bonds. The number of rotatable bonds is 3. The van der Waals surface area contributed by atoms with E-state index in [1.54, 1.807) is 12.1 Å². The molecule has 2 aromatic carbocycles. The van der Waals surface area contributed by atoms with Gasteiger partial charge in [-0.1, -0.05) is 6.07 Å². The Labute approximate surface area is 112 Å². The minimum absolute atomic E-state index is 0.653. The third-order valence-electron chi connectivity index (χ3n) is 2.97. The molecular formula is C16H13N3. The summed E-state index contributed by atoms with van der Waals surface area (Å²) in [5.74, 6) is 0. The molecule has 0 heterocycles. The molecule has 2 rings (SSSR count). The minimum Gasteiger partial charge on any atom is -0.381 e. The number of nitrogens with one attached hydrogen (secondary N) is 1. The highest BCUT2D eigenvalue weighted by Crippen LogP contribution is 2.14. The number of nitriles is 2. The van der Waals surface area contributed by atoms with E-state index in [2.05, 4.69) is 17.5 Å². The maximum absolute atomic E-state index is 8.82. The van der Waals surface area contributed by atoms with Crippen LogP contribution >= 0.6 is 0 Å². The van der Waals surface area contributed by atoms with Gasteiger partial charge in [0.15, 0.2) is 0 Å². The van der Waals surface area contributed by atoms with Gasteiger partial charge in [-0.3, -0.25) is 0 Å². The molecule has 0 radical (unpaired) electrons. The summed E-state index contributed by atoms with van der Waals surface area (Å²) in [7, 11) is 0. The number of aryl methyl sites for hydroxylation is 1. The summed E-state index contributed by atoms with van der Waals surface area (Å²) >= 11 is 0. The first-order valence-corrected chi connectivity index (χ1v) is 5.96. The van der Waals surface area contributed by atoms with Crippen molar-refractivity contribution in [2.45, 2.75) is 13.5 Å². The molecule has 1 N–H and O–H groups in total. The molecule has 0 saturated heterocycles. The van der Waals surface area contributed by atoms with E-state index >= 15 is 0 Å². The van der Waals surface area contributed by atoms with Crippen molar-refractivity contribution in [3.05, 3.63) is 64.7 Å². The molecule has 0 fully saturated rings. The molecule has 0 aromatic heterocycles. The smallest absolute Gasteiger partial charge is 0.0991 e. The average Bonchev–Trinajstić information content (AvgIpc) is 2.46. The molecule has 0 aliphatic heterocycles. The summed E-state index contributed by atoms with van der Waals surface area (Å²) in [6.07, 6.45) is 0. The summed E-state index contributed by atoms with van der Waals surface area (Å²) in [6.45, 7) is 2.69. The fraction of sp³-hybridized carbons (Fsp3) is 0.125. The quantitative estimate of drug-likeness (QED) is 0.904. The zero-order valence-corrected chi connectivity index (χ0v) is 10.6. The number of anilines is 1. The second-order valence-corrected chi connectivity index (χ2v) is 4.30. The van der Waals surface area contributed by atoms with Crippen molar-refractivity contribution in [2.75, 3.05) is 5.32 Å². The Hall–Kier alpha value is -2.78. The first-order valence-electron chi connectivity index (χ1n) is 5.96. The van der Waals surface area contributed by atoms with Crippen molar-refractivity contribution in [1.29, 1.82) is 10.5 Å². The Bertz CT molecular complexity index is 658. The SMILES string of the molecule is Cc1cc(C#N)ccc1CNc1ccc(C#N)cc1. The monoisotopic (exact) mass is 247 g/mol. The average molecular weight is 247 g/mol. The molecule has 3 heteroatoms. The second kappa shape index (κ2) is 5.71. The zero-order valence-electron chi connectivity index (χ0n) is 10.6. The van der Waals surface area contributed by atoms with Crippen LogP contribution in [0.15, 0.2) is 42.5 Å². The second-order valence-electron chi connectivity index (χ2n) is 4.30. The maximum Gasteiger partial charge on any atom is 0.0991 e. The van der Waals surface area contributed by atoms with Gasteiger partial charge < -0.3 is 5.32 Å². The summed E-state index contributed by atoms with van der Waals surface area (Å²) in [6, 6.07) is 17.2. The molecule has 19 heavy (non-hydrogen) atoms. The molecule has 2 aromatic rings. The van der Waals surface area contributed by atoms with E-state index in [4.69, 9.17) is 10.5 Å². The number of benzene rings is 2. The molecule has 0 unspecified atom stereocenters. The lowest BCUT2D eigenvalue weighted by Crippen LogP contribution is -2.01. The lowest BCUT2D eigenvalue weighted by Gasteiger charge is -2.09. The Kier molecular flexibility index (Phi) is 3.81. The lowest BCUT2D eigenvalue weighted by atomic mass is 10.1. The standard InChI is InChI=1S/C16H13N3/c1-12-8-14(10-18)2-5-15(12)11-19-16-6-3-13(9-17)4-7-16/h2-8,19H,11H2,1H3. The van der Waals surface area contributed by atoms with Gasteiger partial charge >= 0.3 is 0 Å². The van der Waals surface area contributed by atoms with Crippen molar-refractivity contribution >= 4 is 5.69 Å². The summed E-state index contributed by atoms with van der Waals surface area (Å²) < 4.78 is 0. The molecular weight excluding hydrogens is 234 g/mol. The predicted molar refractivity (Wildman–Crippen MR) is 74.4 cm³/mol. The van der Waals surface area contributed by atoms with Gasteiger partial charge in [0, 0.05) is 12.2 Å². The molecule has 0 aliphatic rings. The van der Waals surface area contributed by atoms with Crippen LogP contribution in [0, 0.1) is 29.6 Å². The van der Waals surface area contributed by atoms with E-state index in [0.717, 1.165) is 16.8 Å². The first-order chi connectivity index (χ1) is 9.22. The van der Waals surface area contributed by atoms with Gasteiger partial charge in [0.05, 0.1) is 23.3 Å². The Morgan fingerprint density at radius 2 is 1.58 bits per heavy atom. The van der Waals surface area contributed by atoms with E-state index in [9.17, 15) is 0 Å². The molecule has 3 nitrogen and oxygen atoms in total. The van der Waals surface area contributed by atoms with Gasteiger partial charge in [-0.05, 0) is 54.4 Å². The summed E-state index contributed by atoms with van der Waals surface area (Å²) in [5.41, 5.74) is 4.56. The highest BCUT2D eigenvalue weighted by molar-refractivity contribution is 5.48. The van der Waals surface area contributed by atoms with Crippen molar-refractivity contribution < 1.29 is 0 Å². The van der Waals surface area contributed by atoms with Crippen LogP contribution in [0.4, 0.5) is 5.69 Å². The summed E-state index contributed by atoms with van der Waals surface area (Å²) in [5, 5.41) is 20.8. The van der Waals surface area contributed by atoms with E-state index in [1.807, 2.05) is 37.3 Å². The van der Waals surface area contributed by atoms with Crippen LogP contribution in [0.25, 0.3) is 0 Å². The lowest BCUT2D eigenvalue weighted by molar-refractivity contribution is 1.12. The molecule has 0 saturated carbocycles. The van der Waals surface area contributed by atoms with E-state index in [0.29, 0.717) is 17.7 Å². The van der Waals surface area contributed by atoms with Gasteiger partial charge in [0.25, 0.3) is 0 Å². The van der Waals surface area contributed by atoms with Gasteiger partial charge in [-0.25, -0.2) is 0 Å². The van der Waals surface area contributed by atoms with Crippen LogP contribution in [0.2, 0.25) is 0 Å². The van der Waals surface area contributed by atoms with Gasteiger partial charge in [-0.2, -0.15) is 10.5 Å². The van der Waals surface area contributed by atoms with Crippen LogP contribution in [0.3, 0.4) is 0 Å². The largest absolute Gasteiger partial charge is 0.381 e. The van der Waals surface area contributed by atoms with Crippen LogP contribution < -0.4 is 5.32 Å². The van der Waals surface area contributed by atoms with Crippen molar-refractivity contribution in [3.63, 3.8) is 0 Å². The normalized spacial score (nSPS) is 9.42. The Balaban J connectivity index is 2.06. The van der Waals surface area contributed by atoms with E-state index in [-0.39, 0.29) is 0 Å². The third kappa shape index (κ3) is 3.12. The van der Waals surface area contributed by atoms with Crippen LogP contribution in [0.5, 0.6) is 0 Å². The van der Waals surface area contributed by atoms with E-state index < -0.39 is 0 Å². The summed E-state index contributed by atoms with van der Waals surface area (Å²) in [4.78, 5) is 0. The van der Waals surface area contributed by atoms with Crippen molar-refractivity contribution in [3.8, 4) is 12.1 Å². The maximum atomic E-state index is 8.82. The Morgan fingerprint density at radius 3 is 2.16 bits per heavy atom. The highest BCUT2D eigenvalue weighted by Gasteiger charge is 2.00. The number of nitrogens with zero attached hydrogens (tertiary/aromatic N) is 2. The topological polar surface area (TPSA) is 59.6 Å². The van der Waals surface area contributed by atoms with Crippen LogP contribution in [0.1, 0.15) is 22.3 Å².